The highest BCUT2D eigenvalue weighted by atomic mass is 32.2. The van der Waals surface area contributed by atoms with E-state index >= 15 is 0 Å². The molecule has 1 heterocycles. The molecule has 9 amide bonds. The van der Waals surface area contributed by atoms with Gasteiger partial charge in [-0.2, -0.15) is 0 Å². The Kier molecular flexibility index (Phi) is 46.8. The van der Waals surface area contributed by atoms with Gasteiger partial charge in [0.1, 0.15) is 29.1 Å². The van der Waals surface area contributed by atoms with Crippen molar-refractivity contribution >= 4 is 129 Å². The van der Waals surface area contributed by atoms with E-state index in [1.54, 1.807) is 65.0 Å². The third kappa shape index (κ3) is 37.1. The molecule has 38 nitrogen and oxygen atoms in total. The molecule has 3 aromatic rings. The van der Waals surface area contributed by atoms with Gasteiger partial charge in [-0.3, -0.25) is 101 Å². The van der Waals surface area contributed by atoms with Gasteiger partial charge >= 0.3 is 17.9 Å². The summed E-state index contributed by atoms with van der Waals surface area (Å²) in [5.41, 5.74) is 6.38. The zero-order chi connectivity index (χ0) is 100. The molecule has 0 radical (unpaired) electrons. The topological polar surface area (TPSA) is 637 Å². The lowest BCUT2D eigenvalue weighted by Gasteiger charge is -2.28. The van der Waals surface area contributed by atoms with Crippen molar-refractivity contribution in [2.75, 3.05) is 44.4 Å². The number of nitrogens with two attached hydrogens (primary N) is 1. The van der Waals surface area contributed by atoms with Crippen molar-refractivity contribution < 1.29 is 142 Å². The number of amides is 9. The monoisotopic (exact) mass is 1900 g/mol. The second-order valence-electron chi connectivity index (χ2n) is 36.3. The van der Waals surface area contributed by atoms with Gasteiger partial charge in [-0.05, 0) is 137 Å². The Morgan fingerprint density at radius 1 is 0.440 bits per heavy atom. The number of phenols is 2. The number of unbranched alkanes of at least 4 members (excludes halogenated alkanes) is 1. The second kappa shape index (κ2) is 55.5. The van der Waals surface area contributed by atoms with Crippen molar-refractivity contribution in [3.8, 4) is 11.5 Å². The Hall–Kier alpha value is -11.4. The molecule has 0 unspecified atom stereocenters. The number of rotatable bonds is 67. The number of phenolic OH excluding ortho intramolecular Hbond substituents is 2. The summed E-state index contributed by atoms with van der Waals surface area (Å²) in [6, 6.07) is 10.4. The zero-order valence-corrected chi connectivity index (χ0v) is 78.2. The highest BCUT2D eigenvalue weighted by molar-refractivity contribution is 8.00. The number of thioether (sulfide) groups is 1. The summed E-state index contributed by atoms with van der Waals surface area (Å²) >= 11 is 0.947. The summed E-state index contributed by atoms with van der Waals surface area (Å²) in [6.07, 6.45) is -10.0. The quantitative estimate of drug-likeness (QED) is 0.0285. The van der Waals surface area contributed by atoms with E-state index in [0.29, 0.717) is 36.9 Å². The zero-order valence-electron chi connectivity index (χ0n) is 77.4. The summed E-state index contributed by atoms with van der Waals surface area (Å²) in [7, 11) is 0. The van der Waals surface area contributed by atoms with Gasteiger partial charge in [0.05, 0.1) is 122 Å². The number of aliphatic hydroxyl groups is 4. The number of hydrogen-bond acceptors (Lipinski definition) is 28. The van der Waals surface area contributed by atoms with Crippen molar-refractivity contribution in [2.45, 2.75) is 246 Å². The van der Waals surface area contributed by atoms with E-state index in [9.17, 15) is 142 Å². The number of nitrogens with one attached hydrogen (secondary N) is 7. The van der Waals surface area contributed by atoms with Crippen molar-refractivity contribution in [3.63, 3.8) is 0 Å². The van der Waals surface area contributed by atoms with E-state index in [0.717, 1.165) is 25.6 Å². The van der Waals surface area contributed by atoms with Crippen LogP contribution >= 0.6 is 11.8 Å². The Balaban J connectivity index is 1.28. The van der Waals surface area contributed by atoms with Crippen molar-refractivity contribution in [2.24, 2.45) is 76.2 Å². The minimum atomic E-state index is -2.00. The Labute approximate surface area is 782 Å². The lowest BCUT2D eigenvalue weighted by molar-refractivity contribution is -0.144. The van der Waals surface area contributed by atoms with E-state index in [1.807, 2.05) is 13.8 Å². The number of aliphatic carboxylic acids is 3. The van der Waals surface area contributed by atoms with Gasteiger partial charge in [0.15, 0.2) is 34.7 Å². The van der Waals surface area contributed by atoms with Crippen molar-refractivity contribution in [1.82, 2.24) is 42.1 Å². The third-order valence-electron chi connectivity index (χ3n) is 24.4. The number of Topliss-reactive ketones (excluding diaryl/α,β-unsaturated/α-hetero) is 8. The van der Waals surface area contributed by atoms with E-state index < -0.39 is 286 Å². The van der Waals surface area contributed by atoms with E-state index in [1.165, 1.54) is 53.4 Å². The van der Waals surface area contributed by atoms with Gasteiger partial charge in [0.2, 0.25) is 53.2 Å². The molecule has 2 fully saturated rings. The molecule has 0 spiro atoms. The molecule has 3 aromatic carbocycles. The normalized spacial score (nSPS) is 17.4. The van der Waals surface area contributed by atoms with Gasteiger partial charge in [0.25, 0.3) is 0 Å². The predicted molar refractivity (Wildman–Crippen MR) is 486 cm³/mol. The molecule has 39 heteroatoms. The molecule has 0 aromatic heterocycles. The number of benzene rings is 3. The fourth-order valence-electron chi connectivity index (χ4n) is 16.2. The minimum absolute atomic E-state index is 0.0184. The first-order valence-corrected chi connectivity index (χ1v) is 46.5. The van der Waals surface area contributed by atoms with Gasteiger partial charge in [-0.1, -0.05) is 109 Å². The van der Waals surface area contributed by atoms with Gasteiger partial charge in [-0.15, -0.1) is 11.8 Å². The minimum Gasteiger partial charge on any atom is -0.508 e. The molecule has 1 saturated carbocycles. The average Bonchev–Trinajstić information content (AvgIpc) is 1.52. The number of carbonyl (C=O) groups excluding carboxylic acids is 17. The van der Waals surface area contributed by atoms with Crippen LogP contribution in [0, 0.1) is 70.5 Å². The number of nitrogens with zero attached hydrogens (tertiary/aromatic N) is 1. The lowest BCUT2D eigenvalue weighted by Crippen LogP contribution is -2.52. The first kappa shape index (κ1) is 113. The number of imide groups is 1. The number of carboxylic acids is 3. The van der Waals surface area contributed by atoms with Crippen LogP contribution < -0.4 is 43.0 Å². The third-order valence-corrected chi connectivity index (χ3v) is 25.5. The molecular weight excluding hydrogens is 1760 g/mol. The number of aliphatic hydroxyl groups excluding tert-OH is 4. The van der Waals surface area contributed by atoms with Crippen LogP contribution in [0.1, 0.15) is 195 Å². The first-order valence-electron chi connectivity index (χ1n) is 45.4. The average molecular weight is 1900 g/mol. The van der Waals surface area contributed by atoms with Crippen LogP contribution in [0.5, 0.6) is 11.5 Å². The maximum atomic E-state index is 14.9. The molecular formula is C95H133N9O29S. The lowest BCUT2D eigenvalue weighted by atomic mass is 9.85. The SMILES string of the molecule is CC[C@H](C)[C@H](NC(=O)[C@H](CO)CC(=O)[C@H](Cc1ccc(O)cc1)NC(=O)[C@H](CC(=O)O)CC(=O)[C@H](CO)NC(=O)[C@@H](CC(=O)[C@H](Cc1ccccc1)NC(=O)[C@@H](CC(=O)CNC(=O)[C@H](CCC(=O)O)CC(=O)CSCC(=O)CCCN1C(=O)[C@@H]2[C@H](C1=O)C2(C)C)[C@@H](C)O)[C@@H](C)O)C(=O)C[C@@H](Cc1ccc(O)cc1)C(=O)N[C@@H](CC(C)C)C(=O)C[C@@H](CC(=O)O)C(=O)N[C@H](C)CCCCN. The molecule has 1 aliphatic heterocycles. The number of piperidine rings is 1. The summed E-state index contributed by atoms with van der Waals surface area (Å²) < 4.78 is 0. The highest BCUT2D eigenvalue weighted by Gasteiger charge is 2.72. The number of ketones is 8. The smallest absolute Gasteiger partial charge is 0.304 e. The van der Waals surface area contributed by atoms with Crippen molar-refractivity contribution in [1.29, 1.82) is 0 Å². The van der Waals surface area contributed by atoms with Crippen LogP contribution in [0.3, 0.4) is 0 Å². The number of hydrogen-bond donors (Lipinski definition) is 17. The predicted octanol–water partition coefficient (Wildman–Crippen LogP) is 2.70. The number of carboxylic acid groups (broad SMARTS) is 3. The fourth-order valence-corrected chi connectivity index (χ4v) is 17.0. The number of carbonyl (C=O) groups is 20. The van der Waals surface area contributed by atoms with Crippen molar-refractivity contribution in [3.05, 3.63) is 95.6 Å². The molecule has 134 heavy (non-hydrogen) atoms. The van der Waals surface area contributed by atoms with Crippen LogP contribution in [0.4, 0.5) is 0 Å². The summed E-state index contributed by atoms with van der Waals surface area (Å²) in [5, 5.41) is 111. The van der Waals surface area contributed by atoms with E-state index in [-0.39, 0.29) is 121 Å². The summed E-state index contributed by atoms with van der Waals surface area (Å²) in [6.45, 7) is 11.9. The van der Waals surface area contributed by atoms with Gasteiger partial charge in [0, 0.05) is 82.2 Å². The molecule has 0 bridgehead atoms. The molecule has 18 atom stereocenters. The van der Waals surface area contributed by atoms with Gasteiger partial charge < -0.3 is 88.9 Å². The highest BCUT2D eigenvalue weighted by Crippen LogP contribution is 2.63. The van der Waals surface area contributed by atoms with E-state index in [2.05, 4.69) is 37.2 Å². The van der Waals surface area contributed by atoms with Gasteiger partial charge in [-0.25, -0.2) is 0 Å². The second-order valence-corrected chi connectivity index (χ2v) is 37.3. The Bertz CT molecular complexity index is 4580. The Morgan fingerprint density at radius 3 is 1.40 bits per heavy atom. The molecule has 5 rings (SSSR count). The maximum Gasteiger partial charge on any atom is 0.304 e. The maximum absolute atomic E-state index is 14.9. The molecule has 1 saturated heterocycles. The number of aromatic hydroxyl groups is 2. The number of fused-ring (bicyclic) bond motifs is 1. The first-order chi connectivity index (χ1) is 63.1. The van der Waals surface area contributed by atoms with Crippen LogP contribution in [-0.2, 0) is 115 Å². The van der Waals surface area contributed by atoms with Crippen LogP contribution in [0.15, 0.2) is 78.9 Å². The fraction of sp³-hybridized carbons (Fsp3) is 0.600. The van der Waals surface area contributed by atoms with Crippen LogP contribution in [0.25, 0.3) is 0 Å². The molecule has 738 valence electrons. The molecule has 18 N–H and O–H groups in total. The number of likely N-dealkylation sites (tertiary alicyclic amines) is 1. The van der Waals surface area contributed by atoms with Crippen LogP contribution in [-0.4, -0.2) is 261 Å². The summed E-state index contributed by atoms with van der Waals surface area (Å²) in [5.74, 6) is -31.4. The Morgan fingerprint density at radius 2 is 0.896 bits per heavy atom. The molecule has 2 aliphatic rings. The van der Waals surface area contributed by atoms with Crippen LogP contribution in [0.2, 0.25) is 0 Å². The largest absolute Gasteiger partial charge is 0.508 e. The summed E-state index contributed by atoms with van der Waals surface area (Å²) in [4.78, 5) is 274. The molecule has 1 aliphatic carbocycles. The van der Waals surface area contributed by atoms with E-state index in [4.69, 9.17) is 5.73 Å². The standard InChI is InChI=1S/C95H133N9O29S/c1-10-52(4)85(79(118)40-60(34-57-21-26-64(109)27-22-57)88(127)99-71(33-51(2)3)75(114)38-61(42-81(121)122)87(126)98-53(5)17-14-15-31-96)103-90(129)63(47-105)41-76(115)72(36-58-23-28-65(110)29-24-58)100-89(128)62(43-82(123)124)39-77(116)74(48-106)102-92(131)70(55(7)108)45-78(117)73(35-56-18-12-11-13-19-56)101-91(130)69(54(6)107)44-67(112)46-97-86(125)59(25-30-80(119)120)37-68(113)50-134-49-66(111)20-16-32-104-93(132)83-84(94(104)133)95(83,8)9/h11-13,18-19,21-24,26-29,51-55,59-63,69-74,83-85,105-110H,10,14-17,20,25,30-50,96H2,1-9H3,(H,97,125)(H,98,126)(H,99,127)(H,100,128)(H,101,130)(H,102,131)(H,103,129)(H,119,120)(H,121,122)(H,123,124)/t52-,53+,54+,55+,59+,60+,61-,62-,63-,69-,70-,71-,72-,73-,74-,83-,84+,85-/m0/s1.